The van der Waals surface area contributed by atoms with Crippen molar-refractivity contribution < 1.29 is 17.9 Å². The van der Waals surface area contributed by atoms with Crippen molar-refractivity contribution in [2.75, 3.05) is 51.3 Å². The molecule has 0 aliphatic carbocycles. The number of likely N-dealkylation sites (N-methyl/N-ethyl adjacent to an activating group) is 1. The molecule has 0 atom stereocenters. The van der Waals surface area contributed by atoms with Gasteiger partial charge in [-0.25, -0.2) is 4.98 Å². The third-order valence-electron chi connectivity index (χ3n) is 3.73. The zero-order valence-electron chi connectivity index (χ0n) is 14.2. The van der Waals surface area contributed by atoms with Crippen LogP contribution in [0.1, 0.15) is 25.1 Å². The van der Waals surface area contributed by atoms with Gasteiger partial charge in [0.25, 0.3) is 0 Å². The Bertz CT molecular complexity index is 553. The summed E-state index contributed by atoms with van der Waals surface area (Å²) in [7, 11) is 1.52. The van der Waals surface area contributed by atoms with Gasteiger partial charge in [0.2, 0.25) is 0 Å². The number of aromatic nitrogens is 1. The number of alkyl halides is 3. The van der Waals surface area contributed by atoms with E-state index < -0.39 is 11.9 Å². The van der Waals surface area contributed by atoms with E-state index >= 15 is 0 Å². The highest BCUT2D eigenvalue weighted by Gasteiger charge is 2.33. The highest BCUT2D eigenvalue weighted by atomic mass is 19.4. The van der Waals surface area contributed by atoms with Crippen LogP contribution in [0.5, 0.6) is 0 Å². The Morgan fingerprint density at radius 1 is 1.17 bits per heavy atom. The predicted molar refractivity (Wildman–Crippen MR) is 85.8 cm³/mol. The molecule has 24 heavy (non-hydrogen) atoms. The third-order valence-corrected chi connectivity index (χ3v) is 3.73. The van der Waals surface area contributed by atoms with Gasteiger partial charge in [-0.1, -0.05) is 13.8 Å². The van der Waals surface area contributed by atoms with Gasteiger partial charge in [-0.2, -0.15) is 18.4 Å². The number of nitriles is 1. The van der Waals surface area contributed by atoms with Crippen LogP contribution in [0.15, 0.2) is 12.1 Å². The molecule has 0 aromatic carbocycles. The number of hydrogen-bond acceptors (Lipinski definition) is 5. The van der Waals surface area contributed by atoms with Crippen LogP contribution in [0.25, 0.3) is 0 Å². The lowest BCUT2D eigenvalue weighted by atomic mass is 10.2. The van der Waals surface area contributed by atoms with Crippen LogP contribution in [-0.4, -0.2) is 56.3 Å². The number of hydrogen-bond donors (Lipinski definition) is 0. The van der Waals surface area contributed by atoms with Crippen molar-refractivity contribution >= 4 is 5.82 Å². The van der Waals surface area contributed by atoms with Crippen LogP contribution < -0.4 is 4.90 Å². The van der Waals surface area contributed by atoms with Crippen molar-refractivity contribution in [1.29, 1.82) is 5.26 Å². The van der Waals surface area contributed by atoms with Crippen LogP contribution in [0.4, 0.5) is 19.0 Å². The van der Waals surface area contributed by atoms with Crippen LogP contribution in [0.2, 0.25) is 0 Å². The molecule has 0 unspecified atom stereocenters. The maximum atomic E-state index is 12.9. The second-order valence-electron chi connectivity index (χ2n) is 5.18. The van der Waals surface area contributed by atoms with E-state index in [9.17, 15) is 18.4 Å². The molecule has 0 saturated heterocycles. The van der Waals surface area contributed by atoms with Crippen molar-refractivity contribution in [3.8, 4) is 6.07 Å². The molecule has 1 aromatic rings. The number of halogens is 3. The summed E-state index contributed by atoms with van der Waals surface area (Å²) in [5, 5.41) is 9.22. The van der Waals surface area contributed by atoms with Crippen LogP contribution >= 0.6 is 0 Å². The summed E-state index contributed by atoms with van der Waals surface area (Å²) < 4.78 is 43.9. The van der Waals surface area contributed by atoms with Crippen molar-refractivity contribution in [2.45, 2.75) is 20.0 Å². The van der Waals surface area contributed by atoms with E-state index in [0.29, 0.717) is 26.2 Å². The smallest absolute Gasteiger partial charge is 0.383 e. The first kappa shape index (κ1) is 20.2. The number of nitrogens with zero attached hydrogens (tertiary/aromatic N) is 4. The van der Waals surface area contributed by atoms with Crippen LogP contribution in [0.3, 0.4) is 0 Å². The van der Waals surface area contributed by atoms with Gasteiger partial charge in [-0.15, -0.1) is 0 Å². The van der Waals surface area contributed by atoms with Crippen LogP contribution in [-0.2, 0) is 10.9 Å². The van der Waals surface area contributed by atoms with E-state index in [1.54, 1.807) is 4.90 Å². The molecule has 1 aromatic heterocycles. The van der Waals surface area contributed by atoms with Crippen molar-refractivity contribution in [2.24, 2.45) is 0 Å². The monoisotopic (exact) mass is 344 g/mol. The molecule has 1 heterocycles. The van der Waals surface area contributed by atoms with E-state index in [1.165, 1.54) is 13.2 Å². The topological polar surface area (TPSA) is 52.4 Å². The fourth-order valence-corrected chi connectivity index (χ4v) is 2.26. The first-order valence-corrected chi connectivity index (χ1v) is 7.81. The molecule has 0 radical (unpaired) electrons. The standard InChI is InChI=1S/C16H23F3N4O/c1-4-22(5-2)8-9-23(10-11-24-3)15-13(12-20)6-7-14(21-15)16(17,18)19/h6-7H,4-5,8-11H2,1-3H3. The zero-order chi connectivity index (χ0) is 18.2. The van der Waals surface area contributed by atoms with Gasteiger partial charge < -0.3 is 14.5 Å². The minimum atomic E-state index is -4.55. The largest absolute Gasteiger partial charge is 0.433 e. The fourth-order valence-electron chi connectivity index (χ4n) is 2.26. The van der Waals surface area contributed by atoms with Gasteiger partial charge in [0, 0.05) is 26.7 Å². The Labute approximate surface area is 140 Å². The van der Waals surface area contributed by atoms with Gasteiger partial charge in [0.05, 0.1) is 12.2 Å². The lowest BCUT2D eigenvalue weighted by Gasteiger charge is -2.28. The lowest BCUT2D eigenvalue weighted by Crippen LogP contribution is -2.38. The number of methoxy groups -OCH3 is 1. The van der Waals surface area contributed by atoms with E-state index in [-0.39, 0.29) is 11.4 Å². The summed E-state index contributed by atoms with van der Waals surface area (Å²) in [6.07, 6.45) is -4.55. The maximum Gasteiger partial charge on any atom is 0.433 e. The molecular formula is C16H23F3N4O. The molecule has 0 aliphatic heterocycles. The van der Waals surface area contributed by atoms with Crippen LogP contribution in [0, 0.1) is 11.3 Å². The van der Waals surface area contributed by atoms with Gasteiger partial charge in [-0.05, 0) is 25.2 Å². The highest BCUT2D eigenvalue weighted by molar-refractivity contribution is 5.54. The fraction of sp³-hybridized carbons (Fsp3) is 0.625. The molecule has 0 amide bonds. The Balaban J connectivity index is 3.12. The molecule has 8 heteroatoms. The molecular weight excluding hydrogens is 321 g/mol. The molecule has 0 N–H and O–H groups in total. The van der Waals surface area contributed by atoms with Gasteiger partial charge >= 0.3 is 6.18 Å². The molecule has 0 saturated carbocycles. The van der Waals surface area contributed by atoms with Gasteiger partial charge in [0.1, 0.15) is 17.6 Å². The Kier molecular flexibility index (Phi) is 7.95. The molecule has 0 bridgehead atoms. The summed E-state index contributed by atoms with van der Waals surface area (Å²) in [6.45, 7) is 7.55. The predicted octanol–water partition coefficient (Wildman–Crippen LogP) is 2.77. The molecule has 0 fully saturated rings. The molecule has 0 aliphatic rings. The molecule has 5 nitrogen and oxygen atoms in total. The maximum absolute atomic E-state index is 12.9. The van der Waals surface area contributed by atoms with Crippen molar-refractivity contribution in [1.82, 2.24) is 9.88 Å². The summed E-state index contributed by atoms with van der Waals surface area (Å²) in [6, 6.07) is 3.92. The first-order chi connectivity index (χ1) is 11.4. The second kappa shape index (κ2) is 9.45. The van der Waals surface area contributed by atoms with E-state index in [0.717, 1.165) is 19.2 Å². The highest BCUT2D eigenvalue weighted by Crippen LogP contribution is 2.30. The number of ether oxygens (including phenoxy) is 1. The second-order valence-corrected chi connectivity index (χ2v) is 5.18. The lowest BCUT2D eigenvalue weighted by molar-refractivity contribution is -0.141. The summed E-state index contributed by atoms with van der Waals surface area (Å²) in [5.41, 5.74) is -0.875. The molecule has 134 valence electrons. The first-order valence-electron chi connectivity index (χ1n) is 7.81. The minimum absolute atomic E-state index is 0.0523. The molecule has 1 rings (SSSR count). The third kappa shape index (κ3) is 5.65. The van der Waals surface area contributed by atoms with Gasteiger partial charge in [0.15, 0.2) is 0 Å². The Hall–Kier alpha value is -1.85. The SMILES string of the molecule is CCN(CC)CCN(CCOC)c1nc(C(F)(F)F)ccc1C#N. The minimum Gasteiger partial charge on any atom is -0.383 e. The van der Waals surface area contributed by atoms with E-state index in [2.05, 4.69) is 9.88 Å². The number of anilines is 1. The van der Waals surface area contributed by atoms with E-state index in [4.69, 9.17) is 4.74 Å². The quantitative estimate of drug-likeness (QED) is 0.689. The average Bonchev–Trinajstić information content (AvgIpc) is 2.57. The Morgan fingerprint density at radius 2 is 1.83 bits per heavy atom. The normalized spacial score (nSPS) is 11.6. The average molecular weight is 344 g/mol. The van der Waals surface area contributed by atoms with Crippen molar-refractivity contribution in [3.63, 3.8) is 0 Å². The number of rotatable bonds is 9. The summed E-state index contributed by atoms with van der Waals surface area (Å²) in [4.78, 5) is 7.53. The summed E-state index contributed by atoms with van der Waals surface area (Å²) in [5.74, 6) is 0.0523. The summed E-state index contributed by atoms with van der Waals surface area (Å²) >= 11 is 0. The van der Waals surface area contributed by atoms with Crippen molar-refractivity contribution in [3.05, 3.63) is 23.4 Å². The Morgan fingerprint density at radius 3 is 2.33 bits per heavy atom. The van der Waals surface area contributed by atoms with E-state index in [1.807, 2.05) is 19.9 Å². The molecule has 0 spiro atoms. The number of pyridine rings is 1. The van der Waals surface area contributed by atoms with Gasteiger partial charge in [-0.3, -0.25) is 0 Å². The zero-order valence-corrected chi connectivity index (χ0v) is 14.2.